The highest BCUT2D eigenvalue weighted by Gasteiger charge is 2.33. The monoisotopic (exact) mass is 418 g/mol. The third-order valence-corrected chi connectivity index (χ3v) is 5.13. The molecule has 0 unspecified atom stereocenters. The highest BCUT2D eigenvalue weighted by Crippen LogP contribution is 2.32. The highest BCUT2D eigenvalue weighted by atomic mass is 35.5. The summed E-state index contributed by atoms with van der Waals surface area (Å²) in [5, 5.41) is 1.60. The molecule has 1 N–H and O–H groups in total. The number of carbonyl (C=O) groups is 2. The van der Waals surface area contributed by atoms with E-state index in [1.54, 1.807) is 30.3 Å². The van der Waals surface area contributed by atoms with Gasteiger partial charge in [-0.3, -0.25) is 15.0 Å². The molecule has 0 atom stereocenters. The van der Waals surface area contributed by atoms with Crippen molar-refractivity contribution in [3.05, 3.63) is 69.6 Å². The third-order valence-electron chi connectivity index (χ3n) is 3.58. The van der Waals surface area contributed by atoms with Crippen LogP contribution in [-0.2, 0) is 4.79 Å². The average Bonchev–Trinajstić information content (AvgIpc) is 2.90. The number of hydrogen-bond donors (Lipinski definition) is 1. The summed E-state index contributed by atoms with van der Waals surface area (Å²) in [6, 6.07) is 13.7. The Morgan fingerprint density at radius 3 is 2.74 bits per heavy atom. The van der Waals surface area contributed by atoms with E-state index in [0.29, 0.717) is 22.1 Å². The largest absolute Gasteiger partial charge is 0.494 e. The SMILES string of the molecule is CCOc1cccc(/C=C2\SC(=S)N(NC(=O)c3ccc(Cl)cc3)C2=O)c1. The zero-order valence-corrected chi connectivity index (χ0v) is 16.7. The van der Waals surface area contributed by atoms with Gasteiger partial charge in [0.2, 0.25) is 0 Å². The molecule has 3 rings (SSSR count). The number of rotatable bonds is 5. The molecule has 0 aromatic heterocycles. The van der Waals surface area contributed by atoms with Crippen LogP contribution >= 0.6 is 35.6 Å². The van der Waals surface area contributed by atoms with Gasteiger partial charge in [0.05, 0.1) is 11.5 Å². The second-order valence-electron chi connectivity index (χ2n) is 5.47. The van der Waals surface area contributed by atoms with Crippen molar-refractivity contribution in [2.45, 2.75) is 6.92 Å². The summed E-state index contributed by atoms with van der Waals surface area (Å²) in [4.78, 5) is 25.4. The van der Waals surface area contributed by atoms with Crippen LogP contribution < -0.4 is 10.2 Å². The maximum Gasteiger partial charge on any atom is 0.285 e. The van der Waals surface area contributed by atoms with E-state index in [9.17, 15) is 9.59 Å². The zero-order valence-electron chi connectivity index (χ0n) is 14.3. The van der Waals surface area contributed by atoms with Gasteiger partial charge in [0, 0.05) is 10.6 Å². The second-order valence-corrected chi connectivity index (χ2v) is 7.58. The Labute approximate surface area is 171 Å². The molecule has 5 nitrogen and oxygen atoms in total. The third kappa shape index (κ3) is 4.68. The quantitative estimate of drug-likeness (QED) is 0.580. The topological polar surface area (TPSA) is 58.6 Å². The molecule has 2 aromatic rings. The Hall–Kier alpha value is -2.35. The van der Waals surface area contributed by atoms with E-state index < -0.39 is 5.91 Å². The summed E-state index contributed by atoms with van der Waals surface area (Å²) in [5.41, 5.74) is 3.72. The van der Waals surface area contributed by atoms with Gasteiger partial charge in [0.1, 0.15) is 5.75 Å². The van der Waals surface area contributed by atoms with Gasteiger partial charge in [-0.2, -0.15) is 5.01 Å². The lowest BCUT2D eigenvalue weighted by Crippen LogP contribution is -2.44. The summed E-state index contributed by atoms with van der Waals surface area (Å²) < 4.78 is 5.73. The minimum Gasteiger partial charge on any atom is -0.494 e. The highest BCUT2D eigenvalue weighted by molar-refractivity contribution is 8.26. The molecule has 8 heteroatoms. The van der Waals surface area contributed by atoms with Crippen molar-refractivity contribution in [3.8, 4) is 5.75 Å². The Balaban J connectivity index is 1.75. The molecule has 1 saturated heterocycles. The summed E-state index contributed by atoms with van der Waals surface area (Å²) in [6.45, 7) is 2.46. The zero-order chi connectivity index (χ0) is 19.4. The Morgan fingerprint density at radius 2 is 2.04 bits per heavy atom. The van der Waals surface area contributed by atoms with Gasteiger partial charge in [-0.25, -0.2) is 0 Å². The van der Waals surface area contributed by atoms with Gasteiger partial charge in [-0.15, -0.1) is 0 Å². The van der Waals surface area contributed by atoms with Crippen LogP contribution in [0.3, 0.4) is 0 Å². The fourth-order valence-corrected chi connectivity index (χ4v) is 3.65. The van der Waals surface area contributed by atoms with Gasteiger partial charge in [-0.05, 0) is 67.2 Å². The van der Waals surface area contributed by atoms with E-state index in [2.05, 4.69) is 5.43 Å². The van der Waals surface area contributed by atoms with E-state index in [-0.39, 0.29) is 10.2 Å². The molecule has 1 fully saturated rings. The first-order valence-electron chi connectivity index (χ1n) is 8.05. The number of thiocarbonyl (C=S) groups is 1. The number of benzene rings is 2. The van der Waals surface area contributed by atoms with Crippen LogP contribution in [0.2, 0.25) is 5.02 Å². The first-order valence-corrected chi connectivity index (χ1v) is 9.65. The van der Waals surface area contributed by atoms with Crippen LogP contribution in [0.25, 0.3) is 6.08 Å². The number of ether oxygens (including phenoxy) is 1. The molecule has 0 radical (unpaired) electrons. The summed E-state index contributed by atoms with van der Waals surface area (Å²) >= 11 is 12.2. The molecule has 2 amide bonds. The summed E-state index contributed by atoms with van der Waals surface area (Å²) in [6.07, 6.45) is 1.72. The molecule has 1 aliphatic heterocycles. The predicted octanol–water partition coefficient (Wildman–Crippen LogP) is 4.28. The van der Waals surface area contributed by atoms with Crippen molar-refractivity contribution < 1.29 is 14.3 Å². The number of thioether (sulfide) groups is 1. The molecule has 27 heavy (non-hydrogen) atoms. The number of halogens is 1. The van der Waals surface area contributed by atoms with E-state index >= 15 is 0 Å². The lowest BCUT2D eigenvalue weighted by molar-refractivity contribution is -0.123. The minimum absolute atomic E-state index is 0.259. The first kappa shape index (κ1) is 19.4. The minimum atomic E-state index is -0.442. The standard InChI is InChI=1S/C19H15ClN2O3S2/c1-2-25-15-5-3-4-12(10-15)11-16-18(24)22(19(26)27-16)21-17(23)13-6-8-14(20)9-7-13/h3-11H,2H2,1H3,(H,21,23)/b16-11-. The van der Waals surface area contributed by atoms with Crippen molar-refractivity contribution in [2.24, 2.45) is 0 Å². The number of amides is 2. The molecule has 138 valence electrons. The van der Waals surface area contributed by atoms with Gasteiger partial charge in [0.15, 0.2) is 4.32 Å². The number of nitrogens with zero attached hydrogens (tertiary/aromatic N) is 1. The normalized spacial score (nSPS) is 15.3. The second kappa shape index (κ2) is 8.56. The Bertz CT molecular complexity index is 929. The van der Waals surface area contributed by atoms with Gasteiger partial charge >= 0.3 is 0 Å². The predicted molar refractivity (Wildman–Crippen MR) is 112 cm³/mol. The lowest BCUT2D eigenvalue weighted by Gasteiger charge is -2.15. The van der Waals surface area contributed by atoms with Crippen molar-refractivity contribution in [2.75, 3.05) is 6.61 Å². The van der Waals surface area contributed by atoms with Crippen molar-refractivity contribution in [1.82, 2.24) is 10.4 Å². The summed E-state index contributed by atoms with van der Waals surface area (Å²) in [7, 11) is 0. The van der Waals surface area contributed by atoms with Crippen molar-refractivity contribution in [3.63, 3.8) is 0 Å². The molecule has 0 aliphatic carbocycles. The van der Waals surface area contributed by atoms with Crippen LogP contribution in [0.15, 0.2) is 53.4 Å². The number of hydrogen-bond acceptors (Lipinski definition) is 5. The van der Waals surface area contributed by atoms with Crippen LogP contribution in [0.5, 0.6) is 5.75 Å². The van der Waals surface area contributed by atoms with Crippen LogP contribution in [0.1, 0.15) is 22.8 Å². The van der Waals surface area contributed by atoms with Crippen LogP contribution in [0, 0.1) is 0 Å². The van der Waals surface area contributed by atoms with Gasteiger partial charge in [0.25, 0.3) is 11.8 Å². The van der Waals surface area contributed by atoms with E-state index in [1.807, 2.05) is 31.2 Å². The number of carbonyl (C=O) groups excluding carboxylic acids is 2. The molecule has 0 spiro atoms. The average molecular weight is 419 g/mol. The molecular formula is C19H15ClN2O3S2. The molecule has 0 saturated carbocycles. The van der Waals surface area contributed by atoms with E-state index in [0.717, 1.165) is 28.1 Å². The fraction of sp³-hybridized carbons (Fsp3) is 0.105. The maximum atomic E-state index is 12.6. The van der Waals surface area contributed by atoms with Crippen molar-refractivity contribution in [1.29, 1.82) is 0 Å². The maximum absolute atomic E-state index is 12.6. The molecular weight excluding hydrogens is 404 g/mol. The molecule has 1 heterocycles. The van der Waals surface area contributed by atoms with Crippen LogP contribution in [0.4, 0.5) is 0 Å². The van der Waals surface area contributed by atoms with Crippen molar-refractivity contribution >= 4 is 57.8 Å². The fourth-order valence-electron chi connectivity index (χ4n) is 2.34. The van der Waals surface area contributed by atoms with Gasteiger partial charge < -0.3 is 4.74 Å². The lowest BCUT2D eigenvalue weighted by atomic mass is 10.2. The molecule has 2 aromatic carbocycles. The summed E-state index contributed by atoms with van der Waals surface area (Å²) in [5.74, 6) is -0.102. The first-order chi connectivity index (χ1) is 13.0. The van der Waals surface area contributed by atoms with Crippen LogP contribution in [-0.4, -0.2) is 27.8 Å². The van der Waals surface area contributed by atoms with E-state index in [1.165, 1.54) is 0 Å². The molecule has 1 aliphatic rings. The molecule has 0 bridgehead atoms. The Morgan fingerprint density at radius 1 is 1.30 bits per heavy atom. The number of nitrogens with one attached hydrogen (secondary N) is 1. The van der Waals surface area contributed by atoms with Gasteiger partial charge in [-0.1, -0.05) is 35.5 Å². The number of hydrazine groups is 1. The smallest absolute Gasteiger partial charge is 0.285 e. The van der Waals surface area contributed by atoms with E-state index in [4.69, 9.17) is 28.6 Å². The Kier molecular flexibility index (Phi) is 6.15.